The molecule has 1 aliphatic heterocycles. The maximum Gasteiger partial charge on any atom is 0.222 e. The number of amides is 1. The summed E-state index contributed by atoms with van der Waals surface area (Å²) < 4.78 is 0. The molecule has 0 aromatic carbocycles. The van der Waals surface area contributed by atoms with Crippen LogP contribution in [0.25, 0.3) is 0 Å². The zero-order valence-corrected chi connectivity index (χ0v) is 12.3. The van der Waals surface area contributed by atoms with Gasteiger partial charge < -0.3 is 15.1 Å². The molecule has 1 saturated heterocycles. The Balaban J connectivity index is 1.49. The maximum absolute atomic E-state index is 12.2. The minimum Gasteiger partial charge on any atom is -0.392 e. The Bertz CT molecular complexity index is 455. The van der Waals surface area contributed by atoms with E-state index in [-0.39, 0.29) is 23.5 Å². The molecular weight excluding hydrogens is 274 g/mol. The first-order valence-corrected chi connectivity index (χ1v) is 8.16. The van der Waals surface area contributed by atoms with E-state index in [0.29, 0.717) is 25.9 Å². The van der Waals surface area contributed by atoms with Gasteiger partial charge in [-0.2, -0.15) is 0 Å². The van der Waals surface area contributed by atoms with E-state index in [4.69, 9.17) is 0 Å². The second kappa shape index (κ2) is 5.47. The van der Waals surface area contributed by atoms with Crippen LogP contribution < -0.4 is 0 Å². The van der Waals surface area contributed by atoms with E-state index in [0.717, 1.165) is 19.3 Å². The van der Waals surface area contributed by atoms with Crippen LogP contribution in [0.4, 0.5) is 0 Å². The maximum atomic E-state index is 12.2. The first kappa shape index (κ1) is 14.0. The molecule has 0 unspecified atom stereocenters. The van der Waals surface area contributed by atoms with Gasteiger partial charge in [0.05, 0.1) is 12.2 Å². The van der Waals surface area contributed by atoms with Crippen molar-refractivity contribution in [2.24, 2.45) is 5.41 Å². The molecule has 1 aliphatic carbocycles. The zero-order valence-electron chi connectivity index (χ0n) is 11.5. The smallest absolute Gasteiger partial charge is 0.222 e. The van der Waals surface area contributed by atoms with Crippen LogP contribution in [-0.2, 0) is 11.2 Å². The van der Waals surface area contributed by atoms with Gasteiger partial charge in [-0.15, -0.1) is 11.3 Å². The molecule has 2 fully saturated rings. The summed E-state index contributed by atoms with van der Waals surface area (Å²) in [5.74, 6) is 0.191. The first-order valence-electron chi connectivity index (χ1n) is 7.28. The number of aliphatic hydroxyl groups is 2. The highest BCUT2D eigenvalue weighted by Crippen LogP contribution is 2.49. The molecule has 1 amide bonds. The molecule has 1 saturated carbocycles. The fourth-order valence-corrected chi connectivity index (χ4v) is 4.13. The van der Waals surface area contributed by atoms with E-state index < -0.39 is 0 Å². The van der Waals surface area contributed by atoms with Gasteiger partial charge in [-0.05, 0) is 30.7 Å². The molecule has 0 radical (unpaired) electrons. The summed E-state index contributed by atoms with van der Waals surface area (Å²) in [7, 11) is 0. The lowest BCUT2D eigenvalue weighted by atomic mass is 9.58. The Morgan fingerprint density at radius 3 is 2.60 bits per heavy atom. The molecule has 1 aromatic rings. The Hall–Kier alpha value is -0.910. The normalized spacial score (nSPS) is 28.4. The highest BCUT2D eigenvalue weighted by Gasteiger charge is 2.55. The summed E-state index contributed by atoms with van der Waals surface area (Å²) in [4.78, 5) is 15.3. The molecule has 0 bridgehead atoms. The third kappa shape index (κ3) is 2.38. The van der Waals surface area contributed by atoms with Gasteiger partial charge in [0, 0.05) is 36.2 Å². The molecular formula is C15H21NO3S. The second-order valence-electron chi connectivity index (χ2n) is 5.96. The summed E-state index contributed by atoms with van der Waals surface area (Å²) in [6.45, 7) is 1.33. The average molecular weight is 295 g/mol. The molecule has 2 atom stereocenters. The highest BCUT2D eigenvalue weighted by molar-refractivity contribution is 7.09. The third-order valence-electron chi connectivity index (χ3n) is 4.99. The standard InChI is InChI=1S/C15H21NO3S/c17-12-10-13(18)15(12)5-7-16(8-6-15)14(19)4-3-11-2-1-9-20-11/h1-2,9,12-13,17-18H,3-8,10H2/t12-,13+. The summed E-state index contributed by atoms with van der Waals surface area (Å²) in [6.07, 6.45) is 2.52. The summed E-state index contributed by atoms with van der Waals surface area (Å²) in [6, 6.07) is 4.07. The molecule has 4 nitrogen and oxygen atoms in total. The van der Waals surface area contributed by atoms with Gasteiger partial charge in [0.2, 0.25) is 5.91 Å². The van der Waals surface area contributed by atoms with Crippen molar-refractivity contribution in [1.82, 2.24) is 4.90 Å². The van der Waals surface area contributed by atoms with Gasteiger partial charge in [-0.1, -0.05) is 6.07 Å². The molecule has 3 rings (SSSR count). The molecule has 5 heteroatoms. The molecule has 2 heterocycles. The number of hydrogen-bond donors (Lipinski definition) is 2. The van der Waals surface area contributed by atoms with Crippen LogP contribution in [0.15, 0.2) is 17.5 Å². The van der Waals surface area contributed by atoms with Crippen LogP contribution in [-0.4, -0.2) is 46.3 Å². The van der Waals surface area contributed by atoms with Crippen molar-refractivity contribution in [3.05, 3.63) is 22.4 Å². The minimum atomic E-state index is -0.388. The van der Waals surface area contributed by atoms with E-state index in [1.807, 2.05) is 16.3 Å². The Morgan fingerprint density at radius 1 is 1.35 bits per heavy atom. The van der Waals surface area contributed by atoms with E-state index in [1.165, 1.54) is 4.88 Å². The molecule has 2 N–H and O–H groups in total. The van der Waals surface area contributed by atoms with Gasteiger partial charge in [-0.3, -0.25) is 4.79 Å². The third-order valence-corrected chi connectivity index (χ3v) is 5.92. The SMILES string of the molecule is O=C(CCc1cccs1)N1CCC2(CC1)[C@H](O)C[C@@H]2O. The topological polar surface area (TPSA) is 60.8 Å². The first-order chi connectivity index (χ1) is 9.62. The monoisotopic (exact) mass is 295 g/mol. The molecule has 1 aromatic heterocycles. The van der Waals surface area contributed by atoms with Crippen LogP contribution in [0.5, 0.6) is 0 Å². The predicted octanol–water partition coefficient (Wildman–Crippen LogP) is 1.41. The van der Waals surface area contributed by atoms with Crippen LogP contribution in [0, 0.1) is 5.41 Å². The number of aryl methyl sites for hydroxylation is 1. The number of rotatable bonds is 3. The number of hydrogen-bond acceptors (Lipinski definition) is 4. The second-order valence-corrected chi connectivity index (χ2v) is 6.99. The summed E-state index contributed by atoms with van der Waals surface area (Å²) in [5.41, 5.74) is -0.329. The number of aliphatic hydroxyl groups excluding tert-OH is 2. The quantitative estimate of drug-likeness (QED) is 0.886. The van der Waals surface area contributed by atoms with Crippen LogP contribution >= 0.6 is 11.3 Å². The molecule has 20 heavy (non-hydrogen) atoms. The van der Waals surface area contributed by atoms with Crippen LogP contribution in [0.3, 0.4) is 0 Å². The molecule has 110 valence electrons. The van der Waals surface area contributed by atoms with E-state index in [1.54, 1.807) is 11.3 Å². The van der Waals surface area contributed by atoms with Crippen LogP contribution in [0.2, 0.25) is 0 Å². The lowest BCUT2D eigenvalue weighted by molar-refractivity contribution is -0.191. The Morgan fingerprint density at radius 2 is 2.05 bits per heavy atom. The van der Waals surface area contributed by atoms with Crippen molar-refractivity contribution in [3.8, 4) is 0 Å². The highest BCUT2D eigenvalue weighted by atomic mass is 32.1. The van der Waals surface area contributed by atoms with Crippen molar-refractivity contribution in [3.63, 3.8) is 0 Å². The van der Waals surface area contributed by atoms with E-state index in [9.17, 15) is 15.0 Å². The number of likely N-dealkylation sites (tertiary alicyclic amines) is 1. The van der Waals surface area contributed by atoms with Crippen molar-refractivity contribution in [1.29, 1.82) is 0 Å². The zero-order chi connectivity index (χ0) is 14.2. The van der Waals surface area contributed by atoms with E-state index in [2.05, 4.69) is 6.07 Å². The Labute approximate surface area is 123 Å². The number of carbonyl (C=O) groups is 1. The largest absolute Gasteiger partial charge is 0.392 e. The van der Waals surface area contributed by atoms with Crippen molar-refractivity contribution in [2.45, 2.75) is 44.3 Å². The lowest BCUT2D eigenvalue weighted by Crippen LogP contribution is -2.61. The Kier molecular flexibility index (Phi) is 3.84. The minimum absolute atomic E-state index is 0.191. The van der Waals surface area contributed by atoms with Gasteiger partial charge >= 0.3 is 0 Å². The molecule has 2 aliphatic rings. The van der Waals surface area contributed by atoms with Crippen molar-refractivity contribution >= 4 is 17.2 Å². The fourth-order valence-electron chi connectivity index (χ4n) is 3.42. The fraction of sp³-hybridized carbons (Fsp3) is 0.667. The average Bonchev–Trinajstić information content (AvgIpc) is 2.98. The van der Waals surface area contributed by atoms with Crippen molar-refractivity contribution in [2.75, 3.05) is 13.1 Å². The van der Waals surface area contributed by atoms with Gasteiger partial charge in [-0.25, -0.2) is 0 Å². The van der Waals surface area contributed by atoms with E-state index >= 15 is 0 Å². The van der Waals surface area contributed by atoms with Gasteiger partial charge in [0.25, 0.3) is 0 Å². The van der Waals surface area contributed by atoms with Crippen molar-refractivity contribution < 1.29 is 15.0 Å². The number of nitrogens with zero attached hydrogens (tertiary/aromatic N) is 1. The summed E-state index contributed by atoms with van der Waals surface area (Å²) in [5, 5.41) is 21.8. The molecule has 1 spiro atoms. The van der Waals surface area contributed by atoms with Gasteiger partial charge in [0.1, 0.15) is 0 Å². The number of piperidine rings is 1. The van der Waals surface area contributed by atoms with Gasteiger partial charge in [0.15, 0.2) is 0 Å². The predicted molar refractivity (Wildman–Crippen MR) is 77.5 cm³/mol. The number of carbonyl (C=O) groups excluding carboxylic acids is 1. The lowest BCUT2D eigenvalue weighted by Gasteiger charge is -2.55. The summed E-state index contributed by atoms with van der Waals surface area (Å²) >= 11 is 1.69. The number of thiophene rings is 1. The van der Waals surface area contributed by atoms with Crippen LogP contribution in [0.1, 0.15) is 30.6 Å².